The van der Waals surface area contributed by atoms with E-state index in [1.807, 2.05) is 0 Å². The lowest BCUT2D eigenvalue weighted by Crippen LogP contribution is -2.45. The van der Waals surface area contributed by atoms with Gasteiger partial charge in [-0.25, -0.2) is 0 Å². The topological polar surface area (TPSA) is 154 Å². The van der Waals surface area contributed by atoms with E-state index in [9.17, 15) is 30.0 Å². The van der Waals surface area contributed by atoms with Gasteiger partial charge in [0.25, 0.3) is 0 Å². The Balaban J connectivity index is 3.89. The molecule has 0 saturated heterocycles. The predicted octanol–water partition coefficient (Wildman–Crippen LogP) is -1.78. The second-order valence-electron chi connectivity index (χ2n) is 4.33. The van der Waals surface area contributed by atoms with Crippen molar-refractivity contribution in [3.63, 3.8) is 0 Å². The Kier molecular flexibility index (Phi) is 9.84. The summed E-state index contributed by atoms with van der Waals surface area (Å²) in [4.78, 5) is 21.3. The number of aliphatic hydroxyl groups excluding tert-OH is 4. The van der Waals surface area contributed by atoms with Gasteiger partial charge in [0.1, 0.15) is 18.8 Å². The molecule has 0 rings (SSSR count). The molecule has 9 nitrogen and oxygen atoms in total. The van der Waals surface area contributed by atoms with Crippen molar-refractivity contribution < 1.29 is 44.6 Å². The normalized spacial score (nSPS) is 16.8. The fourth-order valence-electron chi connectivity index (χ4n) is 1.32. The smallest absolute Gasteiger partial charge is 0.308 e. The van der Waals surface area contributed by atoms with Crippen molar-refractivity contribution in [3.05, 3.63) is 0 Å². The van der Waals surface area contributed by atoms with Gasteiger partial charge in [-0.3, -0.25) is 9.59 Å². The van der Waals surface area contributed by atoms with Crippen molar-refractivity contribution in [3.8, 4) is 0 Å². The molecule has 0 aromatic carbocycles. The number of carboxylic acids is 1. The van der Waals surface area contributed by atoms with Gasteiger partial charge in [-0.2, -0.15) is 0 Å². The molecule has 124 valence electrons. The zero-order valence-electron chi connectivity index (χ0n) is 11.7. The van der Waals surface area contributed by atoms with Crippen LogP contribution in [0.2, 0.25) is 0 Å². The Morgan fingerprint density at radius 2 is 1.62 bits per heavy atom. The highest BCUT2D eigenvalue weighted by molar-refractivity contribution is 5.70. The van der Waals surface area contributed by atoms with Gasteiger partial charge in [0.15, 0.2) is 6.29 Å². The average Bonchev–Trinajstić information content (AvgIpc) is 2.44. The first kappa shape index (κ1) is 19.7. The lowest BCUT2D eigenvalue weighted by atomic mass is 10.1. The lowest BCUT2D eigenvalue weighted by Gasteiger charge is -2.25. The number of aliphatic carboxylic acids is 1. The second-order valence-corrected chi connectivity index (χ2v) is 4.33. The molecule has 0 spiro atoms. The average molecular weight is 310 g/mol. The summed E-state index contributed by atoms with van der Waals surface area (Å²) in [5, 5.41) is 46.0. The third-order valence-electron chi connectivity index (χ3n) is 2.63. The van der Waals surface area contributed by atoms with E-state index < -0.39 is 36.5 Å². The molecule has 0 aromatic heterocycles. The van der Waals surface area contributed by atoms with Crippen LogP contribution in [0.15, 0.2) is 0 Å². The molecule has 0 amide bonds. The van der Waals surface area contributed by atoms with Crippen LogP contribution < -0.4 is 0 Å². The molecule has 0 bridgehead atoms. The van der Waals surface area contributed by atoms with Crippen LogP contribution >= 0.6 is 0 Å². The van der Waals surface area contributed by atoms with Crippen molar-refractivity contribution in [2.24, 2.45) is 0 Å². The first-order valence-corrected chi connectivity index (χ1v) is 6.50. The highest BCUT2D eigenvalue weighted by Gasteiger charge is 2.30. The minimum atomic E-state index is -1.77. The van der Waals surface area contributed by atoms with E-state index in [0.29, 0.717) is 0 Å². The number of carboxylic acid groups (broad SMARTS) is 1. The SMILES string of the molecule is CC[C@H](O)C(O)[C@H](O)[C@@H](O)OCCC(=O)OCCC(=O)O. The largest absolute Gasteiger partial charge is 0.481 e. The van der Waals surface area contributed by atoms with Crippen LogP contribution in [0, 0.1) is 0 Å². The van der Waals surface area contributed by atoms with Crippen LogP contribution in [0.25, 0.3) is 0 Å². The molecule has 9 heteroatoms. The summed E-state index contributed by atoms with van der Waals surface area (Å²) in [6, 6.07) is 0. The maximum atomic E-state index is 11.1. The third kappa shape index (κ3) is 8.58. The number of ether oxygens (including phenoxy) is 2. The second kappa shape index (κ2) is 10.5. The number of carbonyl (C=O) groups is 2. The van der Waals surface area contributed by atoms with Crippen molar-refractivity contribution in [1.82, 2.24) is 0 Å². The van der Waals surface area contributed by atoms with Gasteiger partial charge in [0.2, 0.25) is 0 Å². The number of hydrogen-bond donors (Lipinski definition) is 5. The van der Waals surface area contributed by atoms with Crippen molar-refractivity contribution in [1.29, 1.82) is 0 Å². The fourth-order valence-corrected chi connectivity index (χ4v) is 1.32. The predicted molar refractivity (Wildman–Crippen MR) is 68.1 cm³/mol. The molecule has 1 unspecified atom stereocenters. The van der Waals surface area contributed by atoms with Crippen LogP contribution in [0.3, 0.4) is 0 Å². The Morgan fingerprint density at radius 1 is 1.00 bits per heavy atom. The summed E-state index contributed by atoms with van der Waals surface area (Å²) < 4.78 is 9.30. The molecule has 21 heavy (non-hydrogen) atoms. The molecule has 0 aromatic rings. The number of hydrogen-bond acceptors (Lipinski definition) is 8. The summed E-state index contributed by atoms with van der Waals surface area (Å²) in [5.41, 5.74) is 0. The summed E-state index contributed by atoms with van der Waals surface area (Å²) in [6.07, 6.45) is -6.66. The fraction of sp³-hybridized carbons (Fsp3) is 0.833. The first-order chi connectivity index (χ1) is 9.79. The van der Waals surface area contributed by atoms with Crippen molar-refractivity contribution >= 4 is 11.9 Å². The van der Waals surface area contributed by atoms with Gasteiger partial charge in [-0.1, -0.05) is 6.92 Å². The quantitative estimate of drug-likeness (QED) is 0.220. The van der Waals surface area contributed by atoms with Gasteiger partial charge in [-0.15, -0.1) is 0 Å². The van der Waals surface area contributed by atoms with E-state index in [1.54, 1.807) is 6.92 Å². The van der Waals surface area contributed by atoms with Crippen LogP contribution in [-0.2, 0) is 19.1 Å². The molecule has 0 saturated carbocycles. The van der Waals surface area contributed by atoms with Crippen LogP contribution in [0.4, 0.5) is 0 Å². The van der Waals surface area contributed by atoms with Gasteiger partial charge in [0.05, 0.1) is 25.6 Å². The van der Waals surface area contributed by atoms with Crippen LogP contribution in [0.5, 0.6) is 0 Å². The van der Waals surface area contributed by atoms with Gasteiger partial charge >= 0.3 is 11.9 Å². The van der Waals surface area contributed by atoms with Crippen LogP contribution in [0.1, 0.15) is 26.2 Å². The maximum Gasteiger partial charge on any atom is 0.308 e. The zero-order valence-corrected chi connectivity index (χ0v) is 11.7. The molecular formula is C12H22O9. The molecule has 5 N–H and O–H groups in total. The van der Waals surface area contributed by atoms with E-state index in [0.717, 1.165) is 0 Å². The van der Waals surface area contributed by atoms with Gasteiger partial charge < -0.3 is 35.0 Å². The van der Waals surface area contributed by atoms with E-state index in [-0.39, 0.29) is 32.5 Å². The Hall–Kier alpha value is -1.26. The molecule has 4 atom stereocenters. The Labute approximate surface area is 121 Å². The number of esters is 1. The minimum Gasteiger partial charge on any atom is -0.481 e. The number of carbonyl (C=O) groups excluding carboxylic acids is 1. The van der Waals surface area contributed by atoms with Gasteiger partial charge in [0, 0.05) is 0 Å². The molecule has 0 radical (unpaired) electrons. The first-order valence-electron chi connectivity index (χ1n) is 6.50. The van der Waals surface area contributed by atoms with Crippen LogP contribution in [-0.4, -0.2) is 75.3 Å². The number of rotatable bonds is 11. The van der Waals surface area contributed by atoms with Crippen molar-refractivity contribution in [2.45, 2.75) is 50.8 Å². The summed E-state index contributed by atoms with van der Waals surface area (Å²) in [5.74, 6) is -1.81. The monoisotopic (exact) mass is 310 g/mol. The minimum absolute atomic E-state index is 0.181. The Bertz CT molecular complexity index is 320. The number of aliphatic hydroxyl groups is 4. The molecular weight excluding hydrogens is 288 g/mol. The van der Waals surface area contributed by atoms with Crippen molar-refractivity contribution in [2.75, 3.05) is 13.2 Å². The summed E-state index contributed by atoms with van der Waals surface area (Å²) >= 11 is 0. The molecule has 0 aliphatic heterocycles. The lowest BCUT2D eigenvalue weighted by molar-refractivity contribution is -0.203. The molecule has 0 heterocycles. The maximum absolute atomic E-state index is 11.1. The van der Waals surface area contributed by atoms with E-state index in [4.69, 9.17) is 9.84 Å². The highest BCUT2D eigenvalue weighted by atomic mass is 16.6. The van der Waals surface area contributed by atoms with E-state index in [1.165, 1.54) is 0 Å². The third-order valence-corrected chi connectivity index (χ3v) is 2.63. The standard InChI is InChI=1S/C12H22O9/c1-2-7(13)10(17)11(18)12(19)21-6-4-9(16)20-5-3-8(14)15/h7,10-13,17-19H,2-6H2,1H3,(H,14,15)/t7-,10?,11-,12-/m0/s1. The van der Waals surface area contributed by atoms with E-state index >= 15 is 0 Å². The Morgan fingerprint density at radius 3 is 2.14 bits per heavy atom. The summed E-state index contributed by atoms with van der Waals surface area (Å²) in [6.45, 7) is 1.03. The molecule has 0 aliphatic carbocycles. The van der Waals surface area contributed by atoms with E-state index in [2.05, 4.69) is 4.74 Å². The highest BCUT2D eigenvalue weighted by Crippen LogP contribution is 2.09. The molecule has 0 fully saturated rings. The molecule has 0 aliphatic rings. The summed E-state index contributed by atoms with van der Waals surface area (Å²) in [7, 11) is 0. The zero-order chi connectivity index (χ0) is 16.4. The van der Waals surface area contributed by atoms with Gasteiger partial charge in [-0.05, 0) is 6.42 Å².